The highest BCUT2D eigenvalue weighted by Gasteiger charge is 2.35. The molecule has 0 amide bonds. The zero-order valence-electron chi connectivity index (χ0n) is 15.1. The molecule has 0 fully saturated rings. The molecule has 0 N–H and O–H groups in total. The van der Waals surface area contributed by atoms with Crippen molar-refractivity contribution in [3.8, 4) is 11.1 Å². The molecule has 26 heavy (non-hydrogen) atoms. The van der Waals surface area contributed by atoms with Gasteiger partial charge in [-0.15, -0.1) is 0 Å². The van der Waals surface area contributed by atoms with Crippen molar-refractivity contribution in [3.63, 3.8) is 0 Å². The highest BCUT2D eigenvalue weighted by Crippen LogP contribution is 2.49. The van der Waals surface area contributed by atoms with Gasteiger partial charge in [0.15, 0.2) is 0 Å². The molecule has 0 atom stereocenters. The number of hydrogen-bond acceptors (Lipinski definition) is 0. The molecule has 0 nitrogen and oxygen atoms in total. The van der Waals surface area contributed by atoms with Gasteiger partial charge in [0, 0.05) is 8.99 Å². The van der Waals surface area contributed by atoms with Gasteiger partial charge in [0.05, 0.1) is 0 Å². The lowest BCUT2D eigenvalue weighted by atomic mass is 9.82. The van der Waals surface area contributed by atoms with Crippen LogP contribution in [0.15, 0.2) is 67.2 Å². The second-order valence-corrected chi connectivity index (χ2v) is 8.53. The first-order valence-corrected chi connectivity index (χ1v) is 9.93. The van der Waals surface area contributed by atoms with Crippen molar-refractivity contribution in [2.24, 2.45) is 0 Å². The van der Waals surface area contributed by atoms with E-state index in [9.17, 15) is 0 Å². The third-order valence-electron chi connectivity index (χ3n) is 5.33. The maximum Gasteiger partial charge on any atom is 0.0159 e. The third kappa shape index (κ3) is 2.84. The lowest BCUT2D eigenvalue weighted by molar-refractivity contribution is 0.660. The second kappa shape index (κ2) is 6.55. The minimum atomic E-state index is 0.0364. The molecule has 0 spiro atoms. The molecule has 0 saturated carbocycles. The van der Waals surface area contributed by atoms with Crippen LogP contribution in [0.25, 0.3) is 29.4 Å². The van der Waals surface area contributed by atoms with E-state index >= 15 is 0 Å². The first-order chi connectivity index (χ1) is 12.5. The van der Waals surface area contributed by atoms with Crippen molar-refractivity contribution >= 4 is 40.8 Å². The van der Waals surface area contributed by atoms with Crippen molar-refractivity contribution in [2.45, 2.75) is 19.3 Å². The van der Waals surface area contributed by atoms with Crippen LogP contribution in [-0.2, 0) is 5.41 Å². The number of halogens is 1. The second-order valence-electron chi connectivity index (χ2n) is 7.29. The zero-order valence-corrected chi connectivity index (χ0v) is 17.2. The standard InChI is InChI=1S/C25H21I/c1-4-18-7-5-6-8-19(18)11-9-17-10-13-21-22-14-12-20(26)16-24(22)25(2,3)23(21)15-17/h4-16H,1H2,2-3H3/b11-9+. The maximum atomic E-state index is 3.91. The normalized spacial score (nSPS) is 14.3. The summed E-state index contributed by atoms with van der Waals surface area (Å²) in [6.07, 6.45) is 6.28. The van der Waals surface area contributed by atoms with Crippen molar-refractivity contribution in [1.82, 2.24) is 0 Å². The summed E-state index contributed by atoms with van der Waals surface area (Å²) in [4.78, 5) is 0. The van der Waals surface area contributed by atoms with Crippen molar-refractivity contribution in [1.29, 1.82) is 0 Å². The molecule has 0 aliphatic heterocycles. The van der Waals surface area contributed by atoms with Crippen LogP contribution in [0, 0.1) is 3.57 Å². The van der Waals surface area contributed by atoms with Crippen molar-refractivity contribution in [3.05, 3.63) is 98.6 Å². The van der Waals surface area contributed by atoms with E-state index in [0.717, 1.165) is 5.56 Å². The molecule has 0 heterocycles. The van der Waals surface area contributed by atoms with Crippen LogP contribution in [0.5, 0.6) is 0 Å². The summed E-state index contributed by atoms with van der Waals surface area (Å²) in [5.41, 5.74) is 9.20. The van der Waals surface area contributed by atoms with Gasteiger partial charge in [-0.3, -0.25) is 0 Å². The molecular formula is C25H21I. The van der Waals surface area contributed by atoms with Crippen molar-refractivity contribution in [2.75, 3.05) is 0 Å². The average molecular weight is 448 g/mol. The Morgan fingerprint density at radius 2 is 1.46 bits per heavy atom. The topological polar surface area (TPSA) is 0 Å². The lowest BCUT2D eigenvalue weighted by Crippen LogP contribution is -2.15. The molecule has 128 valence electrons. The van der Waals surface area contributed by atoms with Gasteiger partial charge in [0.25, 0.3) is 0 Å². The molecule has 0 saturated heterocycles. The van der Waals surface area contributed by atoms with E-state index in [1.165, 1.54) is 37.0 Å². The molecule has 0 unspecified atom stereocenters. The van der Waals surface area contributed by atoms with Gasteiger partial charge in [-0.2, -0.15) is 0 Å². The summed E-state index contributed by atoms with van der Waals surface area (Å²) >= 11 is 2.40. The summed E-state index contributed by atoms with van der Waals surface area (Å²) in [7, 11) is 0. The van der Waals surface area contributed by atoms with E-state index in [4.69, 9.17) is 0 Å². The van der Waals surface area contributed by atoms with Crippen molar-refractivity contribution < 1.29 is 0 Å². The van der Waals surface area contributed by atoms with Gasteiger partial charge in [0.2, 0.25) is 0 Å². The minimum absolute atomic E-state index is 0.0364. The molecule has 0 bridgehead atoms. The summed E-state index contributed by atoms with van der Waals surface area (Å²) in [5, 5.41) is 0. The SMILES string of the molecule is C=Cc1ccccc1/C=C/c1ccc2c(c1)C(C)(C)c1cc(I)ccc1-2. The number of hydrogen-bond donors (Lipinski definition) is 0. The van der Waals surface area contributed by atoms with E-state index in [-0.39, 0.29) is 5.41 Å². The van der Waals surface area contributed by atoms with Crippen LogP contribution >= 0.6 is 22.6 Å². The summed E-state index contributed by atoms with van der Waals surface area (Å²) in [6.45, 7) is 8.56. The van der Waals surface area contributed by atoms with Crippen LogP contribution in [-0.4, -0.2) is 0 Å². The highest BCUT2D eigenvalue weighted by molar-refractivity contribution is 14.1. The van der Waals surface area contributed by atoms with Crippen LogP contribution < -0.4 is 0 Å². The van der Waals surface area contributed by atoms with E-state index in [1.54, 1.807) is 0 Å². The van der Waals surface area contributed by atoms with E-state index in [0.29, 0.717) is 0 Å². The van der Waals surface area contributed by atoms with Crippen LogP contribution in [0.3, 0.4) is 0 Å². The van der Waals surface area contributed by atoms with Crippen LogP contribution in [0.4, 0.5) is 0 Å². The maximum absolute atomic E-state index is 3.91. The fraction of sp³-hybridized carbons (Fsp3) is 0.120. The molecule has 1 heteroatoms. The fourth-order valence-corrected chi connectivity index (χ4v) is 4.36. The quantitative estimate of drug-likeness (QED) is 0.289. The molecule has 3 aromatic carbocycles. The Bertz CT molecular complexity index is 1040. The Hall–Kier alpha value is -2.13. The smallest absolute Gasteiger partial charge is 0.0159 e. The summed E-state index contributed by atoms with van der Waals surface area (Å²) in [6, 6.07) is 22.0. The summed E-state index contributed by atoms with van der Waals surface area (Å²) in [5.74, 6) is 0. The van der Waals surface area contributed by atoms with E-state index in [1.807, 2.05) is 12.1 Å². The fourth-order valence-electron chi connectivity index (χ4n) is 3.87. The predicted molar refractivity (Wildman–Crippen MR) is 122 cm³/mol. The molecule has 3 aromatic rings. The lowest BCUT2D eigenvalue weighted by Gasteiger charge is -2.22. The summed E-state index contributed by atoms with van der Waals surface area (Å²) < 4.78 is 1.29. The molecular weight excluding hydrogens is 427 g/mol. The first kappa shape index (κ1) is 17.3. The Balaban J connectivity index is 1.76. The molecule has 4 rings (SSSR count). The third-order valence-corrected chi connectivity index (χ3v) is 6.00. The van der Waals surface area contributed by atoms with Gasteiger partial charge in [-0.1, -0.05) is 87.2 Å². The predicted octanol–water partition coefficient (Wildman–Crippen LogP) is 7.41. The Morgan fingerprint density at radius 3 is 2.19 bits per heavy atom. The van der Waals surface area contributed by atoms with E-state index in [2.05, 4.69) is 110 Å². The Labute approximate surface area is 169 Å². The largest absolute Gasteiger partial charge is 0.0984 e. The highest BCUT2D eigenvalue weighted by atomic mass is 127. The van der Waals surface area contributed by atoms with Gasteiger partial charge >= 0.3 is 0 Å². The van der Waals surface area contributed by atoms with Gasteiger partial charge < -0.3 is 0 Å². The monoisotopic (exact) mass is 448 g/mol. The molecule has 0 aromatic heterocycles. The number of rotatable bonds is 3. The molecule has 1 aliphatic carbocycles. The average Bonchev–Trinajstić information content (AvgIpc) is 2.87. The number of benzene rings is 3. The Kier molecular flexibility index (Phi) is 4.36. The molecule has 0 radical (unpaired) electrons. The van der Waals surface area contributed by atoms with Crippen LogP contribution in [0.2, 0.25) is 0 Å². The van der Waals surface area contributed by atoms with Gasteiger partial charge in [0.1, 0.15) is 0 Å². The Morgan fingerprint density at radius 1 is 0.808 bits per heavy atom. The zero-order chi connectivity index (χ0) is 18.3. The van der Waals surface area contributed by atoms with Gasteiger partial charge in [-0.25, -0.2) is 0 Å². The number of fused-ring (bicyclic) bond motifs is 3. The van der Waals surface area contributed by atoms with Gasteiger partial charge in [-0.05, 0) is 73.7 Å². The first-order valence-electron chi connectivity index (χ1n) is 8.85. The molecule has 1 aliphatic rings. The van der Waals surface area contributed by atoms with E-state index < -0.39 is 0 Å². The van der Waals surface area contributed by atoms with Crippen LogP contribution in [0.1, 0.15) is 41.7 Å². The minimum Gasteiger partial charge on any atom is -0.0984 e.